The minimum Gasteiger partial charge on any atom is -0.351 e. The molecule has 0 saturated carbocycles. The lowest BCUT2D eigenvalue weighted by molar-refractivity contribution is -0.126. The van der Waals surface area contributed by atoms with Crippen LogP contribution in [0.3, 0.4) is 0 Å². The Balaban J connectivity index is 1.28. The lowest BCUT2D eigenvalue weighted by atomic mass is 9.96. The van der Waals surface area contributed by atoms with Crippen LogP contribution in [0.5, 0.6) is 0 Å². The summed E-state index contributed by atoms with van der Waals surface area (Å²) in [6.07, 6.45) is 1.17. The number of benzene rings is 1. The molecule has 32 heavy (non-hydrogen) atoms. The Bertz CT molecular complexity index is 1110. The highest BCUT2D eigenvalue weighted by Crippen LogP contribution is 2.22. The maximum Gasteiger partial charge on any atom is 0.286 e. The monoisotopic (exact) mass is 489 g/mol. The number of carbonyl (C=O) groups excluding carboxylic acids is 3. The van der Waals surface area contributed by atoms with Crippen molar-refractivity contribution in [1.82, 2.24) is 20.4 Å². The molecule has 0 unspecified atom stereocenters. The zero-order chi connectivity index (χ0) is 22.5. The topological polar surface area (TPSA) is 104 Å². The second kappa shape index (κ2) is 10.2. The predicted molar refractivity (Wildman–Crippen MR) is 124 cm³/mol. The molecule has 2 aromatic heterocycles. The Labute approximate surface area is 197 Å². The zero-order valence-electron chi connectivity index (χ0n) is 16.9. The molecule has 3 heterocycles. The minimum absolute atomic E-state index is 0.0152. The highest BCUT2D eigenvalue weighted by molar-refractivity contribution is 7.15. The molecule has 0 aliphatic carbocycles. The first kappa shape index (κ1) is 22.4. The fourth-order valence-electron chi connectivity index (χ4n) is 3.36. The molecular weight excluding hydrogens is 470 g/mol. The molecule has 0 atom stereocenters. The number of halogens is 1. The van der Waals surface area contributed by atoms with Gasteiger partial charge in [-0.1, -0.05) is 35.1 Å². The number of nitrogens with one attached hydrogen (secondary N) is 2. The minimum atomic E-state index is -0.454. The number of piperidine rings is 1. The van der Waals surface area contributed by atoms with E-state index in [1.807, 2.05) is 17.5 Å². The van der Waals surface area contributed by atoms with Gasteiger partial charge in [0.1, 0.15) is 0 Å². The summed E-state index contributed by atoms with van der Waals surface area (Å²) >= 11 is 8.47. The van der Waals surface area contributed by atoms with Gasteiger partial charge in [0.15, 0.2) is 0 Å². The van der Waals surface area contributed by atoms with Crippen molar-refractivity contribution in [3.63, 3.8) is 0 Å². The molecule has 1 aliphatic heterocycles. The van der Waals surface area contributed by atoms with Gasteiger partial charge in [-0.05, 0) is 42.5 Å². The Hall–Kier alpha value is -2.82. The van der Waals surface area contributed by atoms with Gasteiger partial charge >= 0.3 is 0 Å². The van der Waals surface area contributed by atoms with Crippen molar-refractivity contribution >= 4 is 57.7 Å². The average Bonchev–Trinajstić information content (AvgIpc) is 3.49. The second-order valence-corrected chi connectivity index (χ2v) is 9.69. The highest BCUT2D eigenvalue weighted by atomic mass is 35.5. The molecule has 166 valence electrons. The molecule has 2 N–H and O–H groups in total. The number of likely N-dealkylation sites (tertiary alicyclic amines) is 1. The number of hydrogen-bond acceptors (Lipinski definition) is 7. The molecule has 1 aliphatic rings. The van der Waals surface area contributed by atoms with E-state index in [1.54, 1.807) is 40.5 Å². The quantitative estimate of drug-likeness (QED) is 0.549. The van der Waals surface area contributed by atoms with Gasteiger partial charge in [-0.2, -0.15) is 0 Å². The first-order chi connectivity index (χ1) is 15.5. The number of rotatable bonds is 6. The molecule has 3 amide bonds. The molecule has 1 fully saturated rings. The van der Waals surface area contributed by atoms with Gasteiger partial charge in [-0.3, -0.25) is 14.4 Å². The summed E-state index contributed by atoms with van der Waals surface area (Å²) < 4.78 is 0. The first-order valence-corrected chi connectivity index (χ1v) is 12.1. The third-order valence-corrected chi connectivity index (χ3v) is 7.08. The number of carbonyl (C=O) groups is 3. The van der Waals surface area contributed by atoms with Crippen LogP contribution in [0.15, 0.2) is 41.8 Å². The molecule has 1 aromatic carbocycles. The van der Waals surface area contributed by atoms with Gasteiger partial charge in [0.05, 0.1) is 6.54 Å². The number of anilines is 1. The van der Waals surface area contributed by atoms with E-state index < -0.39 is 5.91 Å². The lowest BCUT2D eigenvalue weighted by Crippen LogP contribution is -2.42. The van der Waals surface area contributed by atoms with Crippen LogP contribution in [0.25, 0.3) is 0 Å². The van der Waals surface area contributed by atoms with E-state index in [-0.39, 0.29) is 27.7 Å². The Morgan fingerprint density at radius 3 is 2.59 bits per heavy atom. The van der Waals surface area contributed by atoms with Gasteiger partial charge in [0.2, 0.25) is 15.9 Å². The van der Waals surface area contributed by atoms with Gasteiger partial charge in [0, 0.05) is 34.6 Å². The van der Waals surface area contributed by atoms with Gasteiger partial charge in [0.25, 0.3) is 11.8 Å². The van der Waals surface area contributed by atoms with E-state index >= 15 is 0 Å². The van der Waals surface area contributed by atoms with Crippen molar-refractivity contribution in [2.75, 3.05) is 18.4 Å². The Morgan fingerprint density at radius 1 is 1.09 bits per heavy atom. The predicted octanol–water partition coefficient (Wildman–Crippen LogP) is 3.67. The van der Waals surface area contributed by atoms with Crippen LogP contribution in [-0.2, 0) is 11.3 Å². The zero-order valence-corrected chi connectivity index (χ0v) is 19.3. The van der Waals surface area contributed by atoms with Crippen LogP contribution in [0.4, 0.5) is 5.69 Å². The summed E-state index contributed by atoms with van der Waals surface area (Å²) in [7, 11) is 0. The fraction of sp³-hybridized carbons (Fsp3) is 0.286. The largest absolute Gasteiger partial charge is 0.351 e. The van der Waals surface area contributed by atoms with Crippen LogP contribution in [0, 0.1) is 5.92 Å². The van der Waals surface area contributed by atoms with Crippen molar-refractivity contribution in [3.05, 3.63) is 61.7 Å². The van der Waals surface area contributed by atoms with Crippen LogP contribution in [0.2, 0.25) is 5.02 Å². The van der Waals surface area contributed by atoms with Crippen LogP contribution >= 0.6 is 34.3 Å². The number of aromatic nitrogens is 2. The van der Waals surface area contributed by atoms with E-state index in [9.17, 15) is 14.4 Å². The maximum atomic E-state index is 12.8. The van der Waals surface area contributed by atoms with E-state index in [4.69, 9.17) is 11.6 Å². The Morgan fingerprint density at radius 2 is 1.88 bits per heavy atom. The summed E-state index contributed by atoms with van der Waals surface area (Å²) in [5.74, 6) is -0.833. The van der Waals surface area contributed by atoms with Crippen molar-refractivity contribution in [2.45, 2.75) is 19.4 Å². The molecule has 4 rings (SSSR count). The Kier molecular flexibility index (Phi) is 7.13. The average molecular weight is 490 g/mol. The van der Waals surface area contributed by atoms with Gasteiger partial charge < -0.3 is 15.5 Å². The van der Waals surface area contributed by atoms with Crippen LogP contribution in [-0.4, -0.2) is 45.9 Å². The molecule has 1 saturated heterocycles. The van der Waals surface area contributed by atoms with Crippen LogP contribution < -0.4 is 10.6 Å². The van der Waals surface area contributed by atoms with Crippen molar-refractivity contribution in [1.29, 1.82) is 0 Å². The number of thiophene rings is 1. The number of amides is 3. The fourth-order valence-corrected chi connectivity index (χ4v) is 4.91. The molecule has 11 heteroatoms. The van der Waals surface area contributed by atoms with Crippen LogP contribution in [0.1, 0.15) is 37.3 Å². The molecule has 8 nitrogen and oxygen atoms in total. The summed E-state index contributed by atoms with van der Waals surface area (Å²) in [6.45, 7) is 1.44. The van der Waals surface area contributed by atoms with E-state index in [2.05, 4.69) is 20.8 Å². The lowest BCUT2D eigenvalue weighted by Gasteiger charge is -2.30. The van der Waals surface area contributed by atoms with Crippen molar-refractivity contribution in [2.24, 2.45) is 5.92 Å². The highest BCUT2D eigenvalue weighted by Gasteiger charge is 2.29. The third-order valence-electron chi connectivity index (χ3n) is 5.05. The SMILES string of the molecule is O=C(Nc1cccc(Cl)c1)c1nnc(C(=O)N2CCC(C(=O)NCc3cccs3)CC2)s1. The molecule has 3 aromatic rings. The normalized spacial score (nSPS) is 14.2. The second-order valence-electron chi connectivity index (χ2n) is 7.24. The first-order valence-electron chi connectivity index (χ1n) is 9.99. The third kappa shape index (κ3) is 5.50. The molecule has 0 bridgehead atoms. The van der Waals surface area contributed by atoms with Crippen molar-refractivity contribution in [3.8, 4) is 0 Å². The molecular formula is C21H20ClN5O3S2. The summed E-state index contributed by atoms with van der Waals surface area (Å²) in [5.41, 5.74) is 0.532. The number of hydrogen-bond donors (Lipinski definition) is 2. The summed E-state index contributed by atoms with van der Waals surface area (Å²) in [4.78, 5) is 40.3. The smallest absolute Gasteiger partial charge is 0.286 e. The van der Waals surface area contributed by atoms with Crippen molar-refractivity contribution < 1.29 is 14.4 Å². The number of nitrogens with zero attached hydrogens (tertiary/aromatic N) is 3. The standard InChI is InChI=1S/C21H20ClN5O3S2/c22-14-3-1-4-15(11-14)24-18(29)19-25-26-20(32-19)21(30)27-8-6-13(7-9-27)17(28)23-12-16-5-2-10-31-16/h1-5,10-11,13H,6-9,12H2,(H,23,28)(H,24,29). The van der Waals surface area contributed by atoms with Gasteiger partial charge in [-0.15, -0.1) is 21.5 Å². The summed E-state index contributed by atoms with van der Waals surface area (Å²) in [5, 5.41) is 16.1. The van der Waals surface area contributed by atoms with Gasteiger partial charge in [-0.25, -0.2) is 0 Å². The van der Waals surface area contributed by atoms with E-state index in [0.29, 0.717) is 43.2 Å². The maximum absolute atomic E-state index is 12.8. The summed E-state index contributed by atoms with van der Waals surface area (Å²) in [6, 6.07) is 10.7. The molecule has 0 spiro atoms. The van der Waals surface area contributed by atoms with E-state index in [1.165, 1.54) is 0 Å². The van der Waals surface area contributed by atoms with E-state index in [0.717, 1.165) is 16.2 Å². The molecule has 0 radical (unpaired) electrons.